The number of ether oxygens (including phenoxy) is 1. The fourth-order valence-electron chi connectivity index (χ4n) is 2.05. The molecule has 1 saturated heterocycles. The van der Waals surface area contributed by atoms with Crippen molar-refractivity contribution in [3.05, 3.63) is 30.1 Å². The van der Waals surface area contributed by atoms with Gasteiger partial charge in [-0.05, 0) is 31.2 Å². The van der Waals surface area contributed by atoms with E-state index in [1.54, 1.807) is 11.8 Å². The van der Waals surface area contributed by atoms with E-state index in [2.05, 4.69) is 5.32 Å². The summed E-state index contributed by atoms with van der Waals surface area (Å²) < 4.78 is 18.1. The predicted molar refractivity (Wildman–Crippen MR) is 70.7 cm³/mol. The largest absolute Gasteiger partial charge is 0.493 e. The van der Waals surface area contributed by atoms with Gasteiger partial charge in [-0.3, -0.25) is 9.59 Å². The third kappa shape index (κ3) is 3.46. The summed E-state index contributed by atoms with van der Waals surface area (Å²) in [5.74, 6) is -0.0660. The molecule has 0 aliphatic carbocycles. The van der Waals surface area contributed by atoms with Crippen LogP contribution in [0.3, 0.4) is 0 Å². The van der Waals surface area contributed by atoms with Crippen molar-refractivity contribution in [2.75, 3.05) is 19.7 Å². The van der Waals surface area contributed by atoms with Gasteiger partial charge in [-0.25, -0.2) is 4.39 Å². The molecule has 1 heterocycles. The maximum absolute atomic E-state index is 12.7. The Morgan fingerprint density at radius 1 is 1.45 bits per heavy atom. The van der Waals surface area contributed by atoms with E-state index in [9.17, 15) is 14.0 Å². The zero-order valence-corrected chi connectivity index (χ0v) is 11.3. The highest BCUT2D eigenvalue weighted by molar-refractivity contribution is 5.88. The number of carbonyl (C=O) groups is 2. The summed E-state index contributed by atoms with van der Waals surface area (Å²) in [5.41, 5.74) is 0. The summed E-state index contributed by atoms with van der Waals surface area (Å²) in [6.45, 7) is 2.90. The topological polar surface area (TPSA) is 58.6 Å². The molecule has 0 bridgehead atoms. The lowest BCUT2D eigenvalue weighted by atomic mass is 10.2. The van der Waals surface area contributed by atoms with Gasteiger partial charge < -0.3 is 15.0 Å². The number of carbonyl (C=O) groups excluding carboxylic acids is 2. The first-order valence-electron chi connectivity index (χ1n) is 6.53. The number of benzene rings is 1. The fraction of sp³-hybridized carbons (Fsp3) is 0.429. The van der Waals surface area contributed by atoms with E-state index in [-0.39, 0.29) is 30.7 Å². The number of nitrogens with one attached hydrogen (secondary N) is 1. The van der Waals surface area contributed by atoms with Gasteiger partial charge in [0.05, 0.1) is 13.0 Å². The lowest BCUT2D eigenvalue weighted by Gasteiger charge is -2.32. The van der Waals surface area contributed by atoms with Crippen LogP contribution < -0.4 is 10.1 Å². The molecule has 0 saturated carbocycles. The third-order valence-corrected chi connectivity index (χ3v) is 3.22. The van der Waals surface area contributed by atoms with E-state index in [0.29, 0.717) is 18.8 Å². The second kappa shape index (κ2) is 6.36. The number of halogens is 1. The smallest absolute Gasteiger partial charge is 0.242 e. The minimum Gasteiger partial charge on any atom is -0.493 e. The molecule has 6 heteroatoms. The molecule has 2 rings (SSSR count). The molecular formula is C14H17FN2O3. The fourth-order valence-corrected chi connectivity index (χ4v) is 2.05. The lowest BCUT2D eigenvalue weighted by molar-refractivity contribution is -0.142. The monoisotopic (exact) mass is 280 g/mol. The molecule has 1 atom stereocenters. The van der Waals surface area contributed by atoms with Crippen molar-refractivity contribution in [3.63, 3.8) is 0 Å². The number of nitrogens with zero attached hydrogens (tertiary/aromatic N) is 1. The van der Waals surface area contributed by atoms with Crippen molar-refractivity contribution in [1.82, 2.24) is 10.2 Å². The van der Waals surface area contributed by atoms with Crippen molar-refractivity contribution >= 4 is 11.8 Å². The highest BCUT2D eigenvalue weighted by atomic mass is 19.1. The standard InChI is InChI=1S/C14H17FN2O3/c1-10-14(19)16-7-8-17(10)13(18)6-9-20-12-4-2-11(15)3-5-12/h2-5,10H,6-9H2,1H3,(H,16,19). The molecule has 20 heavy (non-hydrogen) atoms. The van der Waals surface area contributed by atoms with Crippen LogP contribution in [0.4, 0.5) is 4.39 Å². The van der Waals surface area contributed by atoms with Crippen molar-refractivity contribution in [2.24, 2.45) is 0 Å². The van der Waals surface area contributed by atoms with Gasteiger partial charge in [-0.15, -0.1) is 0 Å². The summed E-state index contributed by atoms with van der Waals surface area (Å²) in [5, 5.41) is 2.70. The van der Waals surface area contributed by atoms with Gasteiger partial charge in [-0.2, -0.15) is 0 Å². The maximum Gasteiger partial charge on any atom is 0.242 e. The number of piperazine rings is 1. The van der Waals surface area contributed by atoms with Gasteiger partial charge in [0.15, 0.2) is 0 Å². The lowest BCUT2D eigenvalue weighted by Crippen LogP contribution is -2.56. The average Bonchev–Trinajstić information content (AvgIpc) is 2.44. The average molecular weight is 280 g/mol. The quantitative estimate of drug-likeness (QED) is 0.893. The molecule has 1 aliphatic heterocycles. The summed E-state index contributed by atoms with van der Waals surface area (Å²) in [7, 11) is 0. The van der Waals surface area contributed by atoms with Crippen molar-refractivity contribution in [1.29, 1.82) is 0 Å². The van der Waals surface area contributed by atoms with Gasteiger partial charge in [0.2, 0.25) is 11.8 Å². The number of hydrogen-bond acceptors (Lipinski definition) is 3. The Labute approximate surface area is 116 Å². The van der Waals surface area contributed by atoms with Crippen LogP contribution >= 0.6 is 0 Å². The first-order valence-corrected chi connectivity index (χ1v) is 6.53. The molecule has 1 N–H and O–H groups in total. The molecular weight excluding hydrogens is 263 g/mol. The minimum atomic E-state index is -0.443. The first-order chi connectivity index (χ1) is 9.58. The molecule has 0 radical (unpaired) electrons. The molecule has 1 aromatic carbocycles. The Bertz CT molecular complexity index is 490. The van der Waals surface area contributed by atoms with Crippen LogP contribution in [0, 0.1) is 5.82 Å². The molecule has 1 fully saturated rings. The van der Waals surface area contributed by atoms with Gasteiger partial charge in [0.25, 0.3) is 0 Å². The second-order valence-corrected chi connectivity index (χ2v) is 4.61. The second-order valence-electron chi connectivity index (χ2n) is 4.61. The van der Waals surface area contributed by atoms with Crippen molar-refractivity contribution in [3.8, 4) is 5.75 Å². The van der Waals surface area contributed by atoms with Crippen LogP contribution in [0.15, 0.2) is 24.3 Å². The highest BCUT2D eigenvalue weighted by Gasteiger charge is 2.28. The zero-order chi connectivity index (χ0) is 14.5. The van der Waals surface area contributed by atoms with Crippen molar-refractivity contribution < 1.29 is 18.7 Å². The Morgan fingerprint density at radius 2 is 2.15 bits per heavy atom. The van der Waals surface area contributed by atoms with Gasteiger partial charge in [-0.1, -0.05) is 0 Å². The number of rotatable bonds is 4. The molecule has 1 aliphatic rings. The molecule has 0 spiro atoms. The Balaban J connectivity index is 1.80. The maximum atomic E-state index is 12.7. The Morgan fingerprint density at radius 3 is 2.85 bits per heavy atom. The number of amides is 2. The SMILES string of the molecule is CC1C(=O)NCCN1C(=O)CCOc1ccc(F)cc1. The Hall–Kier alpha value is -2.11. The van der Waals surface area contributed by atoms with Gasteiger partial charge in [0, 0.05) is 13.1 Å². The van der Waals surface area contributed by atoms with Gasteiger partial charge in [0.1, 0.15) is 17.6 Å². The Kier molecular flexibility index (Phi) is 4.55. The normalized spacial score (nSPS) is 18.6. The molecule has 1 aromatic rings. The molecule has 0 aromatic heterocycles. The van der Waals surface area contributed by atoms with Crippen LogP contribution in [-0.2, 0) is 9.59 Å². The van der Waals surface area contributed by atoms with E-state index in [4.69, 9.17) is 4.74 Å². The summed E-state index contributed by atoms with van der Waals surface area (Å²) in [4.78, 5) is 25.0. The van der Waals surface area contributed by atoms with E-state index in [1.165, 1.54) is 24.3 Å². The van der Waals surface area contributed by atoms with Crippen molar-refractivity contribution in [2.45, 2.75) is 19.4 Å². The first kappa shape index (κ1) is 14.3. The minimum absolute atomic E-state index is 0.116. The van der Waals surface area contributed by atoms with Crippen LogP contribution in [0.1, 0.15) is 13.3 Å². The third-order valence-electron chi connectivity index (χ3n) is 3.22. The predicted octanol–water partition coefficient (Wildman–Crippen LogP) is 0.942. The number of hydrogen-bond donors (Lipinski definition) is 1. The van der Waals surface area contributed by atoms with Crippen LogP contribution in [0.5, 0.6) is 5.75 Å². The summed E-state index contributed by atoms with van der Waals surface area (Å²) in [6.07, 6.45) is 0.189. The summed E-state index contributed by atoms with van der Waals surface area (Å²) in [6, 6.07) is 5.18. The molecule has 2 amide bonds. The summed E-state index contributed by atoms with van der Waals surface area (Å²) >= 11 is 0. The molecule has 108 valence electrons. The van der Waals surface area contributed by atoms with E-state index < -0.39 is 6.04 Å². The van der Waals surface area contributed by atoms with Gasteiger partial charge >= 0.3 is 0 Å². The van der Waals surface area contributed by atoms with Crippen LogP contribution in [-0.4, -0.2) is 42.5 Å². The van der Waals surface area contributed by atoms with E-state index in [0.717, 1.165) is 0 Å². The highest BCUT2D eigenvalue weighted by Crippen LogP contribution is 2.12. The molecule has 1 unspecified atom stereocenters. The zero-order valence-electron chi connectivity index (χ0n) is 11.3. The molecule has 5 nitrogen and oxygen atoms in total. The van der Waals surface area contributed by atoms with E-state index in [1.807, 2.05) is 0 Å². The van der Waals surface area contributed by atoms with E-state index >= 15 is 0 Å². The van der Waals surface area contributed by atoms with Crippen LogP contribution in [0.25, 0.3) is 0 Å². The van der Waals surface area contributed by atoms with Crippen LogP contribution in [0.2, 0.25) is 0 Å².